The van der Waals surface area contributed by atoms with Gasteiger partial charge in [0.1, 0.15) is 0 Å². The van der Waals surface area contributed by atoms with Crippen molar-refractivity contribution in [2.24, 2.45) is 5.92 Å². The minimum absolute atomic E-state index is 0.0871. The minimum atomic E-state index is -0.250. The van der Waals surface area contributed by atoms with Crippen molar-refractivity contribution in [1.29, 1.82) is 0 Å². The lowest BCUT2D eigenvalue weighted by atomic mass is 10.1. The van der Waals surface area contributed by atoms with E-state index in [0.29, 0.717) is 16.8 Å². The summed E-state index contributed by atoms with van der Waals surface area (Å²) in [7, 11) is 3.23. The van der Waals surface area contributed by atoms with E-state index in [-0.39, 0.29) is 17.7 Å². The highest BCUT2D eigenvalue weighted by Crippen LogP contribution is 2.19. The zero-order chi connectivity index (χ0) is 13.0. The molecule has 1 unspecified atom stereocenters. The molecule has 0 saturated carbocycles. The number of hydrogen-bond acceptors (Lipinski definition) is 3. The predicted molar refractivity (Wildman–Crippen MR) is 66.6 cm³/mol. The van der Waals surface area contributed by atoms with Crippen LogP contribution in [-0.2, 0) is 4.79 Å². The molecular formula is C11H15BrN2O3. The van der Waals surface area contributed by atoms with Gasteiger partial charge >= 0.3 is 0 Å². The second-order valence-corrected chi connectivity index (χ2v) is 4.53. The molecule has 1 atom stereocenters. The van der Waals surface area contributed by atoms with Crippen molar-refractivity contribution in [3.8, 4) is 0 Å². The summed E-state index contributed by atoms with van der Waals surface area (Å²) in [5.41, 5.74) is 0.455. The molecule has 5 nitrogen and oxygen atoms in total. The van der Waals surface area contributed by atoms with Gasteiger partial charge in [0.2, 0.25) is 5.91 Å². The number of nitrogens with zero attached hydrogens (tertiary/aromatic N) is 1. The molecule has 0 fully saturated rings. The van der Waals surface area contributed by atoms with Crippen LogP contribution in [-0.4, -0.2) is 37.4 Å². The molecule has 2 amide bonds. The van der Waals surface area contributed by atoms with Gasteiger partial charge in [-0.25, -0.2) is 0 Å². The molecule has 1 aromatic heterocycles. The van der Waals surface area contributed by atoms with Crippen molar-refractivity contribution in [2.75, 3.05) is 20.6 Å². The van der Waals surface area contributed by atoms with Gasteiger partial charge in [0, 0.05) is 20.6 Å². The van der Waals surface area contributed by atoms with Crippen LogP contribution in [0.4, 0.5) is 0 Å². The molecule has 1 heterocycles. The molecule has 0 bridgehead atoms. The number of furan rings is 1. The normalized spacial score (nSPS) is 12.0. The number of carbonyl (C=O) groups is 2. The van der Waals surface area contributed by atoms with Crippen LogP contribution in [0.5, 0.6) is 0 Å². The Morgan fingerprint density at radius 3 is 2.71 bits per heavy atom. The third-order valence-corrected chi connectivity index (χ3v) is 3.05. The number of carbonyl (C=O) groups excluding carboxylic acids is 2. The number of rotatable bonds is 4. The van der Waals surface area contributed by atoms with Crippen LogP contribution < -0.4 is 5.32 Å². The Morgan fingerprint density at radius 2 is 2.24 bits per heavy atom. The van der Waals surface area contributed by atoms with Crippen LogP contribution in [0.15, 0.2) is 21.4 Å². The minimum Gasteiger partial charge on any atom is -0.457 e. The lowest BCUT2D eigenvalue weighted by molar-refractivity contribution is -0.124. The lowest BCUT2D eigenvalue weighted by Crippen LogP contribution is -2.37. The van der Waals surface area contributed by atoms with Crippen LogP contribution in [0.3, 0.4) is 0 Å². The van der Waals surface area contributed by atoms with Gasteiger partial charge in [-0.1, -0.05) is 6.92 Å². The quantitative estimate of drug-likeness (QED) is 0.917. The molecular weight excluding hydrogens is 288 g/mol. The maximum absolute atomic E-state index is 12.0. The summed E-state index contributed by atoms with van der Waals surface area (Å²) in [4.78, 5) is 24.8. The van der Waals surface area contributed by atoms with Gasteiger partial charge in [-0.15, -0.1) is 0 Å². The molecule has 6 heteroatoms. The van der Waals surface area contributed by atoms with Gasteiger partial charge in [-0.2, -0.15) is 0 Å². The highest BCUT2D eigenvalue weighted by atomic mass is 79.9. The van der Waals surface area contributed by atoms with Crippen molar-refractivity contribution in [3.63, 3.8) is 0 Å². The van der Waals surface area contributed by atoms with Gasteiger partial charge in [0.15, 0.2) is 4.67 Å². The standard InChI is InChI=1S/C11H15BrN2O3/c1-7(10(15)13-2)6-14(3)11(16)8-4-5-17-9(8)12/h4-5,7H,6H2,1-3H3,(H,13,15). The van der Waals surface area contributed by atoms with Crippen LogP contribution in [0.1, 0.15) is 17.3 Å². The van der Waals surface area contributed by atoms with Crippen LogP contribution in [0, 0.1) is 5.92 Å². The Hall–Kier alpha value is -1.30. The van der Waals surface area contributed by atoms with Crippen LogP contribution in [0.2, 0.25) is 0 Å². The van der Waals surface area contributed by atoms with Gasteiger partial charge in [0.05, 0.1) is 17.7 Å². The van der Waals surface area contributed by atoms with Gasteiger partial charge < -0.3 is 14.6 Å². The monoisotopic (exact) mass is 302 g/mol. The second-order valence-electron chi connectivity index (χ2n) is 3.81. The Labute approximate surface area is 108 Å². The zero-order valence-electron chi connectivity index (χ0n) is 9.99. The maximum Gasteiger partial charge on any atom is 0.258 e. The van der Waals surface area contributed by atoms with E-state index in [9.17, 15) is 9.59 Å². The van der Waals surface area contributed by atoms with Crippen molar-refractivity contribution >= 4 is 27.7 Å². The molecule has 94 valence electrons. The topological polar surface area (TPSA) is 62.6 Å². The van der Waals surface area contributed by atoms with E-state index in [0.717, 1.165) is 0 Å². The fraction of sp³-hybridized carbons (Fsp3) is 0.455. The Bertz CT molecular complexity index is 417. The molecule has 0 saturated heterocycles. The Kier molecular flexibility index (Phi) is 4.74. The van der Waals surface area contributed by atoms with E-state index < -0.39 is 0 Å². The highest BCUT2D eigenvalue weighted by Gasteiger charge is 2.21. The number of amides is 2. The Morgan fingerprint density at radius 1 is 1.59 bits per heavy atom. The average molecular weight is 303 g/mol. The summed E-state index contributed by atoms with van der Waals surface area (Å²) in [5, 5.41) is 2.55. The second kappa shape index (κ2) is 5.86. The smallest absolute Gasteiger partial charge is 0.258 e. The van der Waals surface area contributed by atoms with E-state index >= 15 is 0 Å². The zero-order valence-corrected chi connectivity index (χ0v) is 11.6. The molecule has 0 aromatic carbocycles. The largest absolute Gasteiger partial charge is 0.457 e. The molecule has 1 aromatic rings. The molecule has 0 aliphatic carbocycles. The summed E-state index contributed by atoms with van der Waals surface area (Å²) < 4.78 is 5.40. The van der Waals surface area contributed by atoms with Crippen molar-refractivity contribution < 1.29 is 14.0 Å². The Balaban J connectivity index is 2.65. The fourth-order valence-corrected chi connectivity index (χ4v) is 1.88. The first kappa shape index (κ1) is 13.8. The summed E-state index contributed by atoms with van der Waals surface area (Å²) >= 11 is 3.15. The number of nitrogens with one attached hydrogen (secondary N) is 1. The molecule has 17 heavy (non-hydrogen) atoms. The molecule has 0 aliphatic rings. The maximum atomic E-state index is 12.0. The predicted octanol–water partition coefficient (Wildman–Crippen LogP) is 1.50. The molecule has 0 radical (unpaired) electrons. The first-order chi connectivity index (χ1) is 7.97. The van der Waals surface area contributed by atoms with E-state index in [2.05, 4.69) is 21.2 Å². The molecule has 1 N–H and O–H groups in total. The average Bonchev–Trinajstić information content (AvgIpc) is 2.73. The summed E-state index contributed by atoms with van der Waals surface area (Å²) in [6.07, 6.45) is 1.44. The summed E-state index contributed by atoms with van der Waals surface area (Å²) in [6.45, 7) is 2.13. The van der Waals surface area contributed by atoms with Gasteiger partial charge in [-0.3, -0.25) is 9.59 Å². The number of hydrogen-bond donors (Lipinski definition) is 1. The molecule has 0 spiro atoms. The van der Waals surface area contributed by atoms with E-state index in [1.54, 1.807) is 27.1 Å². The van der Waals surface area contributed by atoms with Crippen molar-refractivity contribution in [3.05, 3.63) is 22.6 Å². The molecule has 1 rings (SSSR count). The lowest BCUT2D eigenvalue weighted by Gasteiger charge is -2.20. The summed E-state index contributed by atoms with van der Waals surface area (Å²) in [6, 6.07) is 1.59. The van der Waals surface area contributed by atoms with E-state index in [4.69, 9.17) is 4.42 Å². The third-order valence-electron chi connectivity index (χ3n) is 2.44. The van der Waals surface area contributed by atoms with Gasteiger partial charge in [-0.05, 0) is 22.0 Å². The van der Waals surface area contributed by atoms with Crippen molar-refractivity contribution in [2.45, 2.75) is 6.92 Å². The van der Waals surface area contributed by atoms with E-state index in [1.165, 1.54) is 11.2 Å². The van der Waals surface area contributed by atoms with Crippen LogP contribution in [0.25, 0.3) is 0 Å². The third kappa shape index (κ3) is 3.33. The number of halogens is 1. The first-order valence-electron chi connectivity index (χ1n) is 5.17. The molecule has 0 aliphatic heterocycles. The highest BCUT2D eigenvalue weighted by molar-refractivity contribution is 9.10. The first-order valence-corrected chi connectivity index (χ1v) is 5.96. The van der Waals surface area contributed by atoms with Gasteiger partial charge in [0.25, 0.3) is 5.91 Å². The summed E-state index contributed by atoms with van der Waals surface area (Å²) in [5.74, 6) is -0.517. The van der Waals surface area contributed by atoms with Crippen molar-refractivity contribution in [1.82, 2.24) is 10.2 Å². The SMILES string of the molecule is CNC(=O)C(C)CN(C)C(=O)c1ccoc1Br. The van der Waals surface area contributed by atoms with E-state index in [1.807, 2.05) is 0 Å². The van der Waals surface area contributed by atoms with Crippen LogP contribution >= 0.6 is 15.9 Å². The fourth-order valence-electron chi connectivity index (χ4n) is 1.47.